The minimum atomic E-state index is -0.521. The fraction of sp³-hybridized carbons (Fsp3) is 0.636. The summed E-state index contributed by atoms with van der Waals surface area (Å²) in [7, 11) is 3.10. The van der Waals surface area contributed by atoms with Gasteiger partial charge in [0, 0.05) is 16.4 Å². The zero-order valence-electron chi connectivity index (χ0n) is 17.8. The molecule has 2 aliphatic heterocycles. The highest BCUT2D eigenvalue weighted by molar-refractivity contribution is 8.01. The van der Waals surface area contributed by atoms with Crippen LogP contribution in [-0.2, 0) is 4.79 Å². The summed E-state index contributed by atoms with van der Waals surface area (Å²) in [6.45, 7) is 6.37. The molecule has 1 N–H and O–H groups in total. The van der Waals surface area contributed by atoms with Gasteiger partial charge in [-0.05, 0) is 51.5 Å². The molecule has 4 rings (SSSR count). The molecule has 1 saturated carbocycles. The fourth-order valence-electron chi connectivity index (χ4n) is 4.94. The van der Waals surface area contributed by atoms with Gasteiger partial charge in [-0.15, -0.1) is 11.8 Å². The summed E-state index contributed by atoms with van der Waals surface area (Å²) >= 11 is 1.66. The molecular formula is C22H30N2O4S. The van der Waals surface area contributed by atoms with Gasteiger partial charge in [0.05, 0.1) is 19.8 Å². The van der Waals surface area contributed by atoms with Crippen LogP contribution in [-0.4, -0.2) is 47.8 Å². The van der Waals surface area contributed by atoms with Gasteiger partial charge in [-0.3, -0.25) is 9.59 Å². The van der Waals surface area contributed by atoms with Crippen molar-refractivity contribution in [3.05, 3.63) is 23.3 Å². The highest BCUT2D eigenvalue weighted by Gasteiger charge is 2.58. The Morgan fingerprint density at radius 2 is 1.86 bits per heavy atom. The molecule has 2 amide bonds. The molecule has 0 spiro atoms. The van der Waals surface area contributed by atoms with Gasteiger partial charge in [-0.1, -0.05) is 13.0 Å². The van der Waals surface area contributed by atoms with Crippen LogP contribution < -0.4 is 14.8 Å². The van der Waals surface area contributed by atoms with Gasteiger partial charge in [-0.25, -0.2) is 0 Å². The van der Waals surface area contributed by atoms with Crippen molar-refractivity contribution < 1.29 is 19.1 Å². The number of rotatable bonds is 4. The van der Waals surface area contributed by atoms with Crippen LogP contribution in [0.15, 0.2) is 12.1 Å². The van der Waals surface area contributed by atoms with Crippen molar-refractivity contribution in [3.63, 3.8) is 0 Å². The zero-order chi connectivity index (χ0) is 20.9. The Hall–Kier alpha value is -1.89. The maximum absolute atomic E-state index is 13.5. The van der Waals surface area contributed by atoms with Crippen molar-refractivity contribution in [1.82, 2.24) is 10.2 Å². The first kappa shape index (κ1) is 20.4. The summed E-state index contributed by atoms with van der Waals surface area (Å²) in [5.41, 5.74) is 1.41. The van der Waals surface area contributed by atoms with Gasteiger partial charge in [0.25, 0.3) is 5.91 Å². The average Bonchev–Trinajstić information content (AvgIpc) is 3.12. The van der Waals surface area contributed by atoms with Crippen molar-refractivity contribution in [2.24, 2.45) is 5.92 Å². The molecule has 29 heavy (non-hydrogen) atoms. The van der Waals surface area contributed by atoms with Crippen molar-refractivity contribution >= 4 is 23.6 Å². The maximum atomic E-state index is 13.5. The summed E-state index contributed by atoms with van der Waals surface area (Å²) in [5, 5.41) is 3.06. The number of amides is 2. The number of methoxy groups -OCH3 is 2. The number of hydrogen-bond donors (Lipinski definition) is 1. The molecule has 0 bridgehead atoms. The van der Waals surface area contributed by atoms with Crippen LogP contribution >= 0.6 is 11.8 Å². The Bertz CT molecular complexity index is 832. The predicted molar refractivity (Wildman–Crippen MR) is 113 cm³/mol. The first-order valence-corrected chi connectivity index (χ1v) is 11.2. The van der Waals surface area contributed by atoms with E-state index in [9.17, 15) is 9.59 Å². The molecule has 0 unspecified atom stereocenters. The number of carbonyl (C=O) groups is 2. The van der Waals surface area contributed by atoms with Crippen LogP contribution in [0.2, 0.25) is 0 Å². The lowest BCUT2D eigenvalue weighted by Gasteiger charge is -2.33. The van der Waals surface area contributed by atoms with Crippen molar-refractivity contribution in [2.75, 3.05) is 14.2 Å². The minimum Gasteiger partial charge on any atom is -0.493 e. The summed E-state index contributed by atoms with van der Waals surface area (Å²) in [4.78, 5) is 28.6. The second kappa shape index (κ2) is 7.42. The van der Waals surface area contributed by atoms with Crippen LogP contribution in [0.4, 0.5) is 0 Å². The number of benzene rings is 1. The van der Waals surface area contributed by atoms with Gasteiger partial charge in [0.1, 0.15) is 11.4 Å². The Morgan fingerprint density at radius 1 is 1.17 bits per heavy atom. The summed E-state index contributed by atoms with van der Waals surface area (Å²) in [5.74, 6) is 1.50. The van der Waals surface area contributed by atoms with Crippen LogP contribution in [0.25, 0.3) is 0 Å². The third-order valence-corrected chi connectivity index (χ3v) is 8.04. The maximum Gasteiger partial charge on any atom is 0.260 e. The molecule has 2 atom stereocenters. The van der Waals surface area contributed by atoms with E-state index in [1.165, 1.54) is 0 Å². The van der Waals surface area contributed by atoms with Gasteiger partial charge < -0.3 is 19.7 Å². The van der Waals surface area contributed by atoms with E-state index < -0.39 is 6.04 Å². The lowest BCUT2D eigenvalue weighted by Crippen LogP contribution is -2.54. The Labute approximate surface area is 176 Å². The molecule has 2 heterocycles. The third kappa shape index (κ3) is 3.27. The quantitative estimate of drug-likeness (QED) is 0.807. The SMILES string of the molecule is COc1ccc2c(c1OC)C(=O)N1[C@@H](C(=O)NC3CCC(C)CC3)C(C)(C)S[C@@H]21. The van der Waals surface area contributed by atoms with E-state index in [-0.39, 0.29) is 28.0 Å². The molecule has 0 aromatic heterocycles. The number of thioether (sulfide) groups is 1. The Morgan fingerprint density at radius 3 is 2.48 bits per heavy atom. The van der Waals surface area contributed by atoms with E-state index in [4.69, 9.17) is 9.47 Å². The zero-order valence-corrected chi connectivity index (χ0v) is 18.6. The predicted octanol–water partition coefficient (Wildman–Crippen LogP) is 3.75. The lowest BCUT2D eigenvalue weighted by atomic mass is 9.87. The molecule has 3 aliphatic rings. The number of fused-ring (bicyclic) bond motifs is 3. The second-order valence-electron chi connectivity index (χ2n) is 8.92. The standard InChI is InChI=1S/C22H30N2O4S/c1-12-6-8-13(9-7-12)23-19(25)18-22(2,3)29-21-14-10-11-15(27-4)17(28-5)16(14)20(26)24(18)21/h10-13,18,21H,6-9H2,1-5H3,(H,23,25)/t12?,13?,18-,21-/m0/s1. The van der Waals surface area contributed by atoms with Crippen molar-refractivity contribution in [1.29, 1.82) is 0 Å². The largest absolute Gasteiger partial charge is 0.493 e. The first-order valence-electron chi connectivity index (χ1n) is 10.3. The number of hydrogen-bond acceptors (Lipinski definition) is 5. The lowest BCUT2D eigenvalue weighted by molar-refractivity contribution is -0.127. The van der Waals surface area contributed by atoms with Crippen LogP contribution in [0, 0.1) is 5.92 Å². The van der Waals surface area contributed by atoms with Crippen LogP contribution in [0.5, 0.6) is 11.5 Å². The number of nitrogens with one attached hydrogen (secondary N) is 1. The first-order chi connectivity index (χ1) is 13.8. The highest BCUT2D eigenvalue weighted by atomic mass is 32.2. The van der Waals surface area contributed by atoms with Gasteiger partial charge >= 0.3 is 0 Å². The summed E-state index contributed by atoms with van der Waals surface area (Å²) < 4.78 is 10.5. The van der Waals surface area contributed by atoms with E-state index in [2.05, 4.69) is 26.1 Å². The Balaban J connectivity index is 1.64. The summed E-state index contributed by atoms with van der Waals surface area (Å²) in [6, 6.07) is 3.43. The van der Waals surface area contributed by atoms with Crippen molar-refractivity contribution in [2.45, 2.75) is 68.7 Å². The third-order valence-electron chi connectivity index (χ3n) is 6.51. The molecule has 6 nitrogen and oxygen atoms in total. The summed E-state index contributed by atoms with van der Waals surface area (Å²) in [6.07, 6.45) is 4.30. The van der Waals surface area contributed by atoms with Gasteiger partial charge in [0.15, 0.2) is 11.5 Å². The van der Waals surface area contributed by atoms with E-state index in [1.54, 1.807) is 30.9 Å². The van der Waals surface area contributed by atoms with E-state index >= 15 is 0 Å². The van der Waals surface area contributed by atoms with Crippen molar-refractivity contribution in [3.8, 4) is 11.5 Å². The van der Waals surface area contributed by atoms with E-state index in [0.29, 0.717) is 17.1 Å². The van der Waals surface area contributed by atoms with Gasteiger partial charge in [-0.2, -0.15) is 0 Å². The molecule has 7 heteroatoms. The highest BCUT2D eigenvalue weighted by Crippen LogP contribution is 2.58. The average molecular weight is 419 g/mol. The molecule has 1 aromatic carbocycles. The normalized spacial score (nSPS) is 30.0. The topological polar surface area (TPSA) is 67.9 Å². The molecule has 158 valence electrons. The van der Waals surface area contributed by atoms with E-state index in [1.807, 2.05) is 12.1 Å². The van der Waals surface area contributed by atoms with Crippen LogP contribution in [0.3, 0.4) is 0 Å². The number of carbonyl (C=O) groups excluding carboxylic acids is 2. The molecule has 1 aliphatic carbocycles. The smallest absolute Gasteiger partial charge is 0.260 e. The second-order valence-corrected chi connectivity index (χ2v) is 10.7. The van der Waals surface area contributed by atoms with E-state index in [0.717, 1.165) is 37.2 Å². The number of ether oxygens (including phenoxy) is 2. The Kier molecular flexibility index (Phi) is 5.21. The van der Waals surface area contributed by atoms with Gasteiger partial charge in [0.2, 0.25) is 5.91 Å². The molecule has 1 aromatic rings. The monoisotopic (exact) mass is 418 g/mol. The number of nitrogens with zero attached hydrogens (tertiary/aromatic N) is 1. The molecular weight excluding hydrogens is 388 g/mol. The molecule has 0 radical (unpaired) electrons. The molecule has 2 fully saturated rings. The van der Waals surface area contributed by atoms with Crippen LogP contribution in [0.1, 0.15) is 67.7 Å². The molecule has 1 saturated heterocycles. The fourth-order valence-corrected chi connectivity index (χ4v) is 6.52. The minimum absolute atomic E-state index is 0.0448.